The quantitative estimate of drug-likeness (QED) is 0.787. The molecule has 1 heterocycles. The lowest BCUT2D eigenvalue weighted by Crippen LogP contribution is -2.41. The number of phenols is 1. The van der Waals surface area contributed by atoms with E-state index in [0.29, 0.717) is 5.75 Å². The fourth-order valence-corrected chi connectivity index (χ4v) is 3.38. The summed E-state index contributed by atoms with van der Waals surface area (Å²) < 4.78 is 6.34. The molecule has 0 amide bonds. The first kappa shape index (κ1) is 15.2. The molecule has 0 saturated carbocycles. The van der Waals surface area contributed by atoms with E-state index in [1.54, 1.807) is 0 Å². The molecule has 0 saturated heterocycles. The largest absolute Gasteiger partial charge is 0.508 e. The van der Waals surface area contributed by atoms with Gasteiger partial charge in [-0.05, 0) is 74.6 Å². The van der Waals surface area contributed by atoms with E-state index in [4.69, 9.17) is 16.3 Å². The van der Waals surface area contributed by atoms with Gasteiger partial charge in [-0.15, -0.1) is 0 Å². The molecule has 1 N–H and O–H groups in total. The van der Waals surface area contributed by atoms with Gasteiger partial charge in [0.15, 0.2) is 0 Å². The number of hydrogen-bond acceptors (Lipinski definition) is 2. The van der Waals surface area contributed by atoms with Crippen molar-refractivity contribution in [3.63, 3.8) is 0 Å². The molecule has 2 aromatic carbocycles. The maximum absolute atomic E-state index is 10.1. The molecule has 3 heteroatoms. The molecule has 116 valence electrons. The zero-order chi connectivity index (χ0) is 16.1. The van der Waals surface area contributed by atoms with Crippen molar-refractivity contribution in [2.75, 3.05) is 0 Å². The van der Waals surface area contributed by atoms with E-state index in [9.17, 15) is 5.11 Å². The van der Waals surface area contributed by atoms with Crippen molar-refractivity contribution in [3.05, 3.63) is 57.6 Å². The third-order valence-corrected chi connectivity index (χ3v) is 5.04. The van der Waals surface area contributed by atoms with Crippen LogP contribution in [0.3, 0.4) is 0 Å². The highest BCUT2D eigenvalue weighted by atomic mass is 35.5. The number of aromatic hydroxyl groups is 1. The van der Waals surface area contributed by atoms with Gasteiger partial charge in [0.25, 0.3) is 0 Å². The second kappa shape index (κ2) is 5.20. The van der Waals surface area contributed by atoms with Crippen molar-refractivity contribution >= 4 is 11.6 Å². The molecule has 1 atom stereocenters. The van der Waals surface area contributed by atoms with E-state index < -0.39 is 0 Å². The first-order valence-electron chi connectivity index (χ1n) is 7.56. The van der Waals surface area contributed by atoms with Gasteiger partial charge in [0.1, 0.15) is 17.1 Å². The van der Waals surface area contributed by atoms with Gasteiger partial charge >= 0.3 is 0 Å². The number of halogens is 1. The molecule has 0 aromatic heterocycles. The lowest BCUT2D eigenvalue weighted by atomic mass is 9.77. The van der Waals surface area contributed by atoms with Gasteiger partial charge < -0.3 is 9.84 Å². The second-order valence-electron chi connectivity index (χ2n) is 6.65. The van der Waals surface area contributed by atoms with Crippen LogP contribution in [0.4, 0.5) is 0 Å². The topological polar surface area (TPSA) is 29.5 Å². The predicted octanol–water partition coefficient (Wildman–Crippen LogP) is 5.16. The molecule has 0 aliphatic carbocycles. The highest BCUT2D eigenvalue weighted by molar-refractivity contribution is 6.30. The third-order valence-electron chi connectivity index (χ3n) is 4.79. The van der Waals surface area contributed by atoms with Gasteiger partial charge in [0.2, 0.25) is 0 Å². The SMILES string of the molecule is Cc1c(O)cc2c(c1C)OC(C)(C)C(c1ccc(Cl)cc1)C2. The normalized spacial score (nSPS) is 19.4. The molecule has 3 rings (SSSR count). The summed E-state index contributed by atoms with van der Waals surface area (Å²) in [4.78, 5) is 0. The molecule has 1 unspecified atom stereocenters. The molecule has 0 fully saturated rings. The minimum Gasteiger partial charge on any atom is -0.508 e. The Hall–Kier alpha value is -1.67. The highest BCUT2D eigenvalue weighted by Gasteiger charge is 2.39. The van der Waals surface area contributed by atoms with E-state index >= 15 is 0 Å². The number of ether oxygens (including phenoxy) is 1. The number of benzene rings is 2. The number of phenolic OH excluding ortho intramolecular Hbond substituents is 1. The standard InChI is InChI=1S/C19H21ClO2/c1-11-12(2)18-14(10-17(11)21)9-16(19(3,4)22-18)13-5-7-15(20)8-6-13/h5-8,10,16,21H,9H2,1-4H3. The molecule has 2 nitrogen and oxygen atoms in total. The van der Waals surface area contributed by atoms with E-state index in [2.05, 4.69) is 26.0 Å². The zero-order valence-corrected chi connectivity index (χ0v) is 14.2. The Morgan fingerprint density at radius 3 is 2.41 bits per heavy atom. The summed E-state index contributed by atoms with van der Waals surface area (Å²) in [7, 11) is 0. The van der Waals surface area contributed by atoms with Crippen LogP contribution in [0.1, 0.15) is 42.0 Å². The van der Waals surface area contributed by atoms with Crippen LogP contribution >= 0.6 is 11.6 Å². The lowest BCUT2D eigenvalue weighted by Gasteiger charge is -2.41. The Balaban J connectivity index is 2.07. The van der Waals surface area contributed by atoms with Crippen LogP contribution in [0.5, 0.6) is 11.5 Å². The van der Waals surface area contributed by atoms with Crippen molar-refractivity contribution in [1.29, 1.82) is 0 Å². The Morgan fingerprint density at radius 1 is 1.14 bits per heavy atom. The average molecular weight is 317 g/mol. The van der Waals surface area contributed by atoms with Crippen LogP contribution in [0.2, 0.25) is 5.02 Å². The number of hydrogen-bond donors (Lipinski definition) is 1. The first-order valence-corrected chi connectivity index (χ1v) is 7.94. The Kier molecular flexibility index (Phi) is 3.60. The van der Waals surface area contributed by atoms with Gasteiger partial charge in [0, 0.05) is 10.9 Å². The molecular weight excluding hydrogens is 296 g/mol. The maximum Gasteiger partial charge on any atom is 0.126 e. The van der Waals surface area contributed by atoms with Gasteiger partial charge in [-0.1, -0.05) is 23.7 Å². The van der Waals surface area contributed by atoms with E-state index in [1.807, 2.05) is 32.0 Å². The van der Waals surface area contributed by atoms with Crippen LogP contribution in [0.15, 0.2) is 30.3 Å². The minimum absolute atomic E-state index is 0.221. The Bertz CT molecular complexity index is 717. The average Bonchev–Trinajstić information content (AvgIpc) is 2.46. The molecule has 0 radical (unpaired) electrons. The van der Waals surface area contributed by atoms with Crippen LogP contribution < -0.4 is 4.74 Å². The van der Waals surface area contributed by atoms with Crippen LogP contribution in [0, 0.1) is 13.8 Å². The lowest BCUT2D eigenvalue weighted by molar-refractivity contribution is 0.0603. The fourth-order valence-electron chi connectivity index (χ4n) is 3.25. The summed E-state index contributed by atoms with van der Waals surface area (Å²) in [5.74, 6) is 1.48. The molecule has 1 aliphatic rings. The van der Waals surface area contributed by atoms with Gasteiger partial charge in [0.05, 0.1) is 0 Å². The predicted molar refractivity (Wildman–Crippen MR) is 90.2 cm³/mol. The smallest absolute Gasteiger partial charge is 0.126 e. The highest BCUT2D eigenvalue weighted by Crippen LogP contribution is 2.46. The van der Waals surface area contributed by atoms with E-state index in [-0.39, 0.29) is 11.5 Å². The van der Waals surface area contributed by atoms with Gasteiger partial charge in [-0.2, -0.15) is 0 Å². The summed E-state index contributed by atoms with van der Waals surface area (Å²) in [5.41, 5.74) is 3.88. The summed E-state index contributed by atoms with van der Waals surface area (Å²) in [5, 5.41) is 10.8. The van der Waals surface area contributed by atoms with Crippen molar-refractivity contribution in [2.24, 2.45) is 0 Å². The summed E-state index contributed by atoms with van der Waals surface area (Å²) in [6, 6.07) is 9.80. The Labute approximate surface area is 136 Å². The van der Waals surface area contributed by atoms with Crippen molar-refractivity contribution < 1.29 is 9.84 Å². The van der Waals surface area contributed by atoms with Crippen LogP contribution in [0.25, 0.3) is 0 Å². The van der Waals surface area contributed by atoms with Crippen LogP contribution in [-0.4, -0.2) is 10.7 Å². The molecule has 0 spiro atoms. The second-order valence-corrected chi connectivity index (χ2v) is 7.08. The third kappa shape index (κ3) is 2.46. The van der Waals surface area contributed by atoms with Crippen molar-refractivity contribution in [2.45, 2.75) is 45.6 Å². The zero-order valence-electron chi connectivity index (χ0n) is 13.4. The molecular formula is C19H21ClO2. The van der Waals surface area contributed by atoms with Gasteiger partial charge in [-0.25, -0.2) is 0 Å². The number of rotatable bonds is 1. The monoisotopic (exact) mass is 316 g/mol. The molecule has 1 aliphatic heterocycles. The summed E-state index contributed by atoms with van der Waals surface area (Å²) in [6.45, 7) is 8.17. The number of fused-ring (bicyclic) bond motifs is 1. The Morgan fingerprint density at radius 2 is 1.77 bits per heavy atom. The van der Waals surface area contributed by atoms with Crippen LogP contribution in [-0.2, 0) is 6.42 Å². The van der Waals surface area contributed by atoms with Crippen molar-refractivity contribution in [1.82, 2.24) is 0 Å². The first-order chi connectivity index (χ1) is 10.3. The van der Waals surface area contributed by atoms with Gasteiger partial charge in [-0.3, -0.25) is 0 Å². The molecule has 2 aromatic rings. The summed E-state index contributed by atoms with van der Waals surface area (Å²) >= 11 is 6.00. The molecule has 0 bridgehead atoms. The van der Waals surface area contributed by atoms with E-state index in [1.165, 1.54) is 5.56 Å². The van der Waals surface area contributed by atoms with Crippen molar-refractivity contribution in [3.8, 4) is 11.5 Å². The van der Waals surface area contributed by atoms with E-state index in [0.717, 1.165) is 33.9 Å². The maximum atomic E-state index is 10.1. The summed E-state index contributed by atoms with van der Waals surface area (Å²) in [6.07, 6.45) is 0.846. The fraction of sp³-hybridized carbons (Fsp3) is 0.368. The molecule has 22 heavy (non-hydrogen) atoms. The minimum atomic E-state index is -0.311.